The van der Waals surface area contributed by atoms with Gasteiger partial charge < -0.3 is 15.5 Å². The maximum absolute atomic E-state index is 5.82. The third-order valence-electron chi connectivity index (χ3n) is 4.28. The molecule has 1 saturated heterocycles. The number of nitrogens with zero attached hydrogens (tertiary/aromatic N) is 3. The summed E-state index contributed by atoms with van der Waals surface area (Å²) >= 11 is 0. The van der Waals surface area contributed by atoms with Crippen molar-refractivity contribution >= 4 is 5.82 Å². The Morgan fingerprint density at radius 1 is 1.40 bits per heavy atom. The van der Waals surface area contributed by atoms with Crippen molar-refractivity contribution in [2.45, 2.75) is 45.2 Å². The van der Waals surface area contributed by atoms with Crippen LogP contribution in [0.4, 0.5) is 5.82 Å². The highest BCUT2D eigenvalue weighted by atomic mass is 15.2. The molecule has 0 saturated carbocycles. The molecule has 1 aromatic heterocycles. The second-order valence-electron chi connectivity index (χ2n) is 5.98. The van der Waals surface area contributed by atoms with Gasteiger partial charge in [-0.2, -0.15) is 0 Å². The average molecular weight is 276 g/mol. The Hall–Kier alpha value is -1.13. The zero-order valence-corrected chi connectivity index (χ0v) is 13.0. The summed E-state index contributed by atoms with van der Waals surface area (Å²) < 4.78 is 0. The number of nitrogens with two attached hydrogens (primary N) is 1. The van der Waals surface area contributed by atoms with Gasteiger partial charge in [0.25, 0.3) is 0 Å². The molecule has 1 fully saturated rings. The lowest BCUT2D eigenvalue weighted by Crippen LogP contribution is -2.43. The molecule has 0 aromatic carbocycles. The van der Waals surface area contributed by atoms with Gasteiger partial charge in [0.1, 0.15) is 5.82 Å². The topological polar surface area (TPSA) is 45.4 Å². The second-order valence-corrected chi connectivity index (χ2v) is 5.98. The predicted molar refractivity (Wildman–Crippen MR) is 85.1 cm³/mol. The van der Waals surface area contributed by atoms with E-state index in [-0.39, 0.29) is 6.04 Å². The molecular weight excluding hydrogens is 248 g/mol. The van der Waals surface area contributed by atoms with Crippen LogP contribution in [-0.2, 0) is 6.42 Å². The number of hydrogen-bond acceptors (Lipinski definition) is 4. The van der Waals surface area contributed by atoms with Crippen LogP contribution in [0.5, 0.6) is 0 Å². The predicted octanol–water partition coefficient (Wildman–Crippen LogP) is 1.89. The van der Waals surface area contributed by atoms with Crippen LogP contribution in [0, 0.1) is 0 Å². The molecule has 1 aliphatic rings. The highest BCUT2D eigenvalue weighted by molar-refractivity contribution is 5.39. The lowest BCUT2D eigenvalue weighted by molar-refractivity contribution is 0.220. The van der Waals surface area contributed by atoms with Crippen LogP contribution < -0.4 is 10.6 Å². The average Bonchev–Trinajstić information content (AvgIpc) is 2.47. The standard InChI is InChI=1S/C16H28N4/c1-4-20-9-7-15(8-10-20)19(3)16-6-5-14(12-18-16)11-13(2)17/h5-6,12-13,15H,4,7-11,17H2,1-3H3. The highest BCUT2D eigenvalue weighted by Crippen LogP contribution is 2.20. The molecule has 1 atom stereocenters. The van der Waals surface area contributed by atoms with Crippen molar-refractivity contribution in [3.63, 3.8) is 0 Å². The van der Waals surface area contributed by atoms with Gasteiger partial charge in [-0.25, -0.2) is 4.98 Å². The summed E-state index contributed by atoms with van der Waals surface area (Å²) in [7, 11) is 2.17. The fourth-order valence-electron chi connectivity index (χ4n) is 2.93. The highest BCUT2D eigenvalue weighted by Gasteiger charge is 2.22. The van der Waals surface area contributed by atoms with Gasteiger partial charge in [0, 0.05) is 38.4 Å². The Morgan fingerprint density at radius 3 is 2.60 bits per heavy atom. The maximum atomic E-state index is 5.82. The summed E-state index contributed by atoms with van der Waals surface area (Å²) in [6.45, 7) is 7.84. The Balaban J connectivity index is 1.94. The monoisotopic (exact) mass is 276 g/mol. The van der Waals surface area contributed by atoms with Crippen LogP contribution in [0.3, 0.4) is 0 Å². The zero-order valence-electron chi connectivity index (χ0n) is 13.0. The summed E-state index contributed by atoms with van der Waals surface area (Å²) in [6, 6.07) is 5.09. The number of aromatic nitrogens is 1. The Labute approximate surface area is 123 Å². The van der Waals surface area contributed by atoms with E-state index in [1.165, 1.54) is 38.0 Å². The number of piperidine rings is 1. The maximum Gasteiger partial charge on any atom is 0.128 e. The number of rotatable bonds is 5. The molecule has 0 amide bonds. The number of likely N-dealkylation sites (tertiary alicyclic amines) is 1. The minimum atomic E-state index is 0.193. The molecule has 2 rings (SSSR count). The van der Waals surface area contributed by atoms with Crippen LogP contribution >= 0.6 is 0 Å². The van der Waals surface area contributed by atoms with Crippen molar-refractivity contribution in [3.05, 3.63) is 23.9 Å². The quantitative estimate of drug-likeness (QED) is 0.892. The fourth-order valence-corrected chi connectivity index (χ4v) is 2.93. The summed E-state index contributed by atoms with van der Waals surface area (Å²) in [6.07, 6.45) is 5.32. The first-order valence-electron chi connectivity index (χ1n) is 7.75. The molecule has 4 nitrogen and oxygen atoms in total. The van der Waals surface area contributed by atoms with Crippen LogP contribution in [0.1, 0.15) is 32.3 Å². The first-order chi connectivity index (χ1) is 9.60. The molecule has 0 spiro atoms. The van der Waals surface area contributed by atoms with E-state index in [0.717, 1.165) is 12.2 Å². The largest absolute Gasteiger partial charge is 0.357 e. The molecule has 2 heterocycles. The molecule has 112 valence electrons. The number of anilines is 1. The van der Waals surface area contributed by atoms with E-state index in [4.69, 9.17) is 5.73 Å². The molecule has 0 aliphatic carbocycles. The molecule has 1 aromatic rings. The van der Waals surface area contributed by atoms with E-state index < -0.39 is 0 Å². The van der Waals surface area contributed by atoms with Crippen LogP contribution in [-0.4, -0.2) is 48.6 Å². The van der Waals surface area contributed by atoms with Crippen molar-refractivity contribution in [1.82, 2.24) is 9.88 Å². The molecular formula is C16H28N4. The smallest absolute Gasteiger partial charge is 0.128 e. The van der Waals surface area contributed by atoms with Gasteiger partial charge in [0.05, 0.1) is 0 Å². The van der Waals surface area contributed by atoms with Crippen LogP contribution in [0.25, 0.3) is 0 Å². The summed E-state index contributed by atoms with van der Waals surface area (Å²) in [5.74, 6) is 1.08. The van der Waals surface area contributed by atoms with Gasteiger partial charge in [0.15, 0.2) is 0 Å². The lowest BCUT2D eigenvalue weighted by Gasteiger charge is -2.36. The third-order valence-corrected chi connectivity index (χ3v) is 4.28. The summed E-state index contributed by atoms with van der Waals surface area (Å²) in [4.78, 5) is 9.46. The molecule has 1 unspecified atom stereocenters. The first kappa shape index (κ1) is 15.3. The number of pyridine rings is 1. The van der Waals surface area contributed by atoms with Gasteiger partial charge >= 0.3 is 0 Å². The molecule has 1 aliphatic heterocycles. The molecule has 4 heteroatoms. The van der Waals surface area contributed by atoms with Crippen LogP contribution in [0.2, 0.25) is 0 Å². The minimum absolute atomic E-state index is 0.193. The second kappa shape index (κ2) is 7.04. The van der Waals surface area contributed by atoms with Crippen molar-refractivity contribution in [2.75, 3.05) is 31.6 Å². The van der Waals surface area contributed by atoms with Gasteiger partial charge in [0.2, 0.25) is 0 Å². The van der Waals surface area contributed by atoms with Crippen molar-refractivity contribution in [3.8, 4) is 0 Å². The van der Waals surface area contributed by atoms with Crippen molar-refractivity contribution in [1.29, 1.82) is 0 Å². The first-order valence-corrected chi connectivity index (χ1v) is 7.75. The van der Waals surface area contributed by atoms with E-state index in [2.05, 4.69) is 40.9 Å². The zero-order chi connectivity index (χ0) is 14.5. The lowest BCUT2D eigenvalue weighted by atomic mass is 10.0. The Morgan fingerprint density at radius 2 is 2.10 bits per heavy atom. The van der Waals surface area contributed by atoms with Gasteiger partial charge in [-0.05, 0) is 44.4 Å². The molecule has 2 N–H and O–H groups in total. The van der Waals surface area contributed by atoms with E-state index in [1.807, 2.05) is 13.1 Å². The van der Waals surface area contributed by atoms with E-state index in [9.17, 15) is 0 Å². The summed E-state index contributed by atoms with van der Waals surface area (Å²) in [5, 5.41) is 0. The van der Waals surface area contributed by atoms with Crippen LogP contribution in [0.15, 0.2) is 18.3 Å². The van der Waals surface area contributed by atoms with E-state index in [0.29, 0.717) is 6.04 Å². The summed E-state index contributed by atoms with van der Waals surface area (Å²) in [5.41, 5.74) is 7.04. The minimum Gasteiger partial charge on any atom is -0.357 e. The fraction of sp³-hybridized carbons (Fsp3) is 0.688. The van der Waals surface area contributed by atoms with E-state index >= 15 is 0 Å². The molecule has 20 heavy (non-hydrogen) atoms. The Kier molecular flexibility index (Phi) is 5.38. The van der Waals surface area contributed by atoms with Gasteiger partial charge in [-0.15, -0.1) is 0 Å². The molecule has 0 bridgehead atoms. The van der Waals surface area contributed by atoms with Gasteiger partial charge in [-0.1, -0.05) is 13.0 Å². The number of hydrogen-bond donors (Lipinski definition) is 1. The van der Waals surface area contributed by atoms with Gasteiger partial charge in [-0.3, -0.25) is 0 Å². The molecule has 0 radical (unpaired) electrons. The normalized spacial score (nSPS) is 19.0. The van der Waals surface area contributed by atoms with Crippen molar-refractivity contribution < 1.29 is 0 Å². The third kappa shape index (κ3) is 3.93. The SMILES string of the molecule is CCN1CCC(N(C)c2ccc(CC(C)N)cn2)CC1. The van der Waals surface area contributed by atoms with Crippen molar-refractivity contribution in [2.24, 2.45) is 5.73 Å². The Bertz CT molecular complexity index is 393. The van der Waals surface area contributed by atoms with E-state index in [1.54, 1.807) is 0 Å².